The Morgan fingerprint density at radius 1 is 1.43 bits per heavy atom. The maximum absolute atomic E-state index is 11.6. The van der Waals surface area contributed by atoms with Crippen molar-refractivity contribution in [3.8, 4) is 0 Å². The highest BCUT2D eigenvalue weighted by atomic mass is 16.5. The van der Waals surface area contributed by atoms with Crippen molar-refractivity contribution < 1.29 is 9.53 Å². The molecule has 0 aromatic heterocycles. The van der Waals surface area contributed by atoms with Crippen molar-refractivity contribution in [2.45, 2.75) is 38.2 Å². The number of ether oxygens (including phenoxy) is 1. The standard InChI is InChI=1S/C11H19NO2/c13-11-4-5-12-8-9(11)7-10-3-1-2-6-14-10/h9-10,12H,1-8H2. The second-order valence-electron chi connectivity index (χ2n) is 4.34. The number of carbonyl (C=O) groups is 1. The normalized spacial score (nSPS) is 34.4. The second-order valence-corrected chi connectivity index (χ2v) is 4.34. The van der Waals surface area contributed by atoms with E-state index in [1.807, 2.05) is 0 Å². The molecule has 0 aromatic carbocycles. The lowest BCUT2D eigenvalue weighted by molar-refractivity contribution is -0.125. The third kappa shape index (κ3) is 2.55. The molecule has 3 nitrogen and oxygen atoms in total. The minimum Gasteiger partial charge on any atom is -0.378 e. The van der Waals surface area contributed by atoms with E-state index in [-0.39, 0.29) is 5.92 Å². The average molecular weight is 197 g/mol. The molecule has 0 amide bonds. The molecule has 80 valence electrons. The molecule has 2 unspecified atom stereocenters. The van der Waals surface area contributed by atoms with Crippen LogP contribution in [0.2, 0.25) is 0 Å². The topological polar surface area (TPSA) is 38.3 Å². The zero-order chi connectivity index (χ0) is 9.80. The SMILES string of the molecule is O=C1CCNCC1CC1CCCCO1. The Morgan fingerprint density at radius 2 is 2.36 bits per heavy atom. The lowest BCUT2D eigenvalue weighted by Crippen LogP contribution is -2.39. The van der Waals surface area contributed by atoms with Crippen LogP contribution in [-0.4, -0.2) is 31.6 Å². The highest BCUT2D eigenvalue weighted by Gasteiger charge is 2.26. The smallest absolute Gasteiger partial charge is 0.138 e. The van der Waals surface area contributed by atoms with Gasteiger partial charge in [-0.25, -0.2) is 0 Å². The maximum Gasteiger partial charge on any atom is 0.138 e. The van der Waals surface area contributed by atoms with E-state index in [9.17, 15) is 4.79 Å². The minimum absolute atomic E-state index is 0.215. The molecule has 2 saturated heterocycles. The van der Waals surface area contributed by atoms with Crippen molar-refractivity contribution in [3.63, 3.8) is 0 Å². The van der Waals surface area contributed by atoms with E-state index < -0.39 is 0 Å². The first-order valence-electron chi connectivity index (χ1n) is 5.71. The van der Waals surface area contributed by atoms with Crippen LogP contribution in [0.15, 0.2) is 0 Å². The fourth-order valence-corrected chi connectivity index (χ4v) is 2.33. The van der Waals surface area contributed by atoms with Crippen LogP contribution in [0.1, 0.15) is 32.1 Å². The number of piperidine rings is 1. The molecular weight excluding hydrogens is 178 g/mol. The molecular formula is C11H19NO2. The van der Waals surface area contributed by atoms with Crippen LogP contribution >= 0.6 is 0 Å². The number of rotatable bonds is 2. The molecule has 2 atom stereocenters. The second kappa shape index (κ2) is 4.89. The summed E-state index contributed by atoms with van der Waals surface area (Å²) in [4.78, 5) is 11.6. The summed E-state index contributed by atoms with van der Waals surface area (Å²) in [7, 11) is 0. The summed E-state index contributed by atoms with van der Waals surface area (Å²) in [5.41, 5.74) is 0. The number of nitrogens with one attached hydrogen (secondary N) is 1. The van der Waals surface area contributed by atoms with Gasteiger partial charge in [0.2, 0.25) is 0 Å². The largest absolute Gasteiger partial charge is 0.378 e. The van der Waals surface area contributed by atoms with Crippen molar-refractivity contribution in [2.75, 3.05) is 19.7 Å². The third-order valence-corrected chi connectivity index (χ3v) is 3.22. The zero-order valence-electron chi connectivity index (χ0n) is 8.63. The van der Waals surface area contributed by atoms with Crippen LogP contribution in [0.5, 0.6) is 0 Å². The molecule has 0 spiro atoms. The van der Waals surface area contributed by atoms with Crippen molar-refractivity contribution in [3.05, 3.63) is 0 Å². The summed E-state index contributed by atoms with van der Waals surface area (Å²) in [6, 6.07) is 0. The van der Waals surface area contributed by atoms with Gasteiger partial charge in [0.05, 0.1) is 6.10 Å². The summed E-state index contributed by atoms with van der Waals surface area (Å²) in [6.07, 6.45) is 5.58. The van der Waals surface area contributed by atoms with Gasteiger partial charge in [-0.1, -0.05) is 0 Å². The highest BCUT2D eigenvalue weighted by Crippen LogP contribution is 2.21. The van der Waals surface area contributed by atoms with Gasteiger partial charge in [0.15, 0.2) is 0 Å². The van der Waals surface area contributed by atoms with Crippen LogP contribution in [0.4, 0.5) is 0 Å². The first-order chi connectivity index (χ1) is 6.86. The number of hydrogen-bond donors (Lipinski definition) is 1. The van der Waals surface area contributed by atoms with E-state index in [0.717, 1.165) is 32.5 Å². The van der Waals surface area contributed by atoms with Gasteiger partial charge in [-0.15, -0.1) is 0 Å². The summed E-state index contributed by atoms with van der Waals surface area (Å²) in [5, 5.41) is 3.28. The molecule has 0 radical (unpaired) electrons. The molecule has 0 bridgehead atoms. The molecule has 0 saturated carbocycles. The summed E-state index contributed by atoms with van der Waals surface area (Å²) in [6.45, 7) is 2.61. The molecule has 0 aromatic rings. The zero-order valence-corrected chi connectivity index (χ0v) is 8.63. The maximum atomic E-state index is 11.6. The Morgan fingerprint density at radius 3 is 3.07 bits per heavy atom. The molecule has 2 aliphatic heterocycles. The number of hydrogen-bond acceptors (Lipinski definition) is 3. The van der Waals surface area contributed by atoms with Gasteiger partial charge in [0.25, 0.3) is 0 Å². The van der Waals surface area contributed by atoms with Crippen LogP contribution in [0, 0.1) is 5.92 Å². The molecule has 14 heavy (non-hydrogen) atoms. The van der Waals surface area contributed by atoms with Crippen LogP contribution < -0.4 is 5.32 Å². The van der Waals surface area contributed by atoms with E-state index in [1.165, 1.54) is 12.8 Å². The predicted molar refractivity (Wildman–Crippen MR) is 54.2 cm³/mol. The first kappa shape index (κ1) is 10.1. The van der Waals surface area contributed by atoms with E-state index >= 15 is 0 Å². The number of ketones is 1. The monoisotopic (exact) mass is 197 g/mol. The van der Waals surface area contributed by atoms with Gasteiger partial charge in [-0.2, -0.15) is 0 Å². The van der Waals surface area contributed by atoms with Crippen molar-refractivity contribution >= 4 is 5.78 Å². The van der Waals surface area contributed by atoms with Gasteiger partial charge in [0, 0.05) is 32.0 Å². The molecule has 2 fully saturated rings. The van der Waals surface area contributed by atoms with E-state index in [4.69, 9.17) is 4.74 Å². The van der Waals surface area contributed by atoms with Gasteiger partial charge >= 0.3 is 0 Å². The number of carbonyl (C=O) groups excluding carboxylic acids is 1. The van der Waals surface area contributed by atoms with E-state index in [0.29, 0.717) is 18.3 Å². The Hall–Kier alpha value is -0.410. The summed E-state index contributed by atoms with van der Waals surface area (Å²) < 4.78 is 5.65. The van der Waals surface area contributed by atoms with Crippen molar-refractivity contribution in [2.24, 2.45) is 5.92 Å². The van der Waals surface area contributed by atoms with E-state index in [1.54, 1.807) is 0 Å². The van der Waals surface area contributed by atoms with Gasteiger partial charge < -0.3 is 10.1 Å². The lowest BCUT2D eigenvalue weighted by atomic mass is 9.90. The molecule has 2 aliphatic rings. The molecule has 2 heterocycles. The Bertz CT molecular complexity index is 199. The van der Waals surface area contributed by atoms with Crippen LogP contribution in [-0.2, 0) is 9.53 Å². The fraction of sp³-hybridized carbons (Fsp3) is 0.909. The number of Topliss-reactive ketones (excluding diaryl/α,β-unsaturated/α-hetero) is 1. The van der Waals surface area contributed by atoms with Gasteiger partial charge in [0.1, 0.15) is 5.78 Å². The van der Waals surface area contributed by atoms with Gasteiger partial charge in [-0.05, 0) is 25.7 Å². The molecule has 2 rings (SSSR count). The predicted octanol–water partition coefficient (Wildman–Crippen LogP) is 1.12. The summed E-state index contributed by atoms with van der Waals surface area (Å²) in [5.74, 6) is 0.643. The van der Waals surface area contributed by atoms with Gasteiger partial charge in [-0.3, -0.25) is 4.79 Å². The Balaban J connectivity index is 1.79. The van der Waals surface area contributed by atoms with Crippen molar-refractivity contribution in [1.82, 2.24) is 5.32 Å². The quantitative estimate of drug-likeness (QED) is 0.721. The average Bonchev–Trinajstić information content (AvgIpc) is 2.23. The Labute approximate surface area is 85.2 Å². The summed E-state index contributed by atoms with van der Waals surface area (Å²) >= 11 is 0. The minimum atomic E-state index is 0.215. The molecule has 1 N–H and O–H groups in total. The Kier molecular flexibility index (Phi) is 3.54. The molecule has 0 aliphatic carbocycles. The highest BCUT2D eigenvalue weighted by molar-refractivity contribution is 5.82. The lowest BCUT2D eigenvalue weighted by Gasteiger charge is -2.28. The van der Waals surface area contributed by atoms with Crippen LogP contribution in [0.25, 0.3) is 0 Å². The van der Waals surface area contributed by atoms with E-state index in [2.05, 4.69) is 5.32 Å². The fourth-order valence-electron chi connectivity index (χ4n) is 2.33. The van der Waals surface area contributed by atoms with Crippen LogP contribution in [0.3, 0.4) is 0 Å². The molecule has 3 heteroatoms. The third-order valence-electron chi connectivity index (χ3n) is 3.22. The first-order valence-corrected chi connectivity index (χ1v) is 5.71. The van der Waals surface area contributed by atoms with Crippen molar-refractivity contribution in [1.29, 1.82) is 0 Å².